The van der Waals surface area contributed by atoms with Crippen LogP contribution < -0.4 is 15.8 Å². The maximum Gasteiger partial charge on any atom is 0.244 e. The first-order chi connectivity index (χ1) is 8.83. The molecule has 2 rings (SSSR count). The fourth-order valence-corrected chi connectivity index (χ4v) is 2.86. The monoisotopic (exact) mass is 283 g/mol. The lowest BCUT2D eigenvalue weighted by Crippen LogP contribution is -2.48. The van der Waals surface area contributed by atoms with Crippen LogP contribution in [0.15, 0.2) is 29.2 Å². The van der Waals surface area contributed by atoms with Gasteiger partial charge in [-0.3, -0.25) is 4.79 Å². The summed E-state index contributed by atoms with van der Waals surface area (Å²) in [7, 11) is -3.86. The van der Waals surface area contributed by atoms with Gasteiger partial charge in [-0.25, -0.2) is 13.6 Å². The Kier molecular flexibility index (Phi) is 3.62. The predicted octanol–water partition coefficient (Wildman–Crippen LogP) is 0.415. The highest BCUT2D eigenvalue weighted by atomic mass is 32.2. The molecule has 1 aliphatic heterocycles. The summed E-state index contributed by atoms with van der Waals surface area (Å²) in [4.78, 5) is 12.1. The van der Waals surface area contributed by atoms with Gasteiger partial charge in [-0.15, -0.1) is 0 Å². The van der Waals surface area contributed by atoms with Gasteiger partial charge >= 0.3 is 0 Å². The Bertz CT molecular complexity index is 592. The molecular weight excluding hydrogens is 266 g/mol. The average molecular weight is 283 g/mol. The van der Waals surface area contributed by atoms with Crippen LogP contribution >= 0.6 is 0 Å². The first-order valence-corrected chi connectivity index (χ1v) is 7.56. The fourth-order valence-electron chi connectivity index (χ4n) is 2.17. The van der Waals surface area contributed by atoms with E-state index in [2.05, 4.69) is 10.6 Å². The molecule has 1 amide bonds. The summed E-state index contributed by atoms with van der Waals surface area (Å²) in [6.07, 6.45) is 1.64. The normalized spacial score (nSPS) is 23.3. The number of hydrogen-bond donors (Lipinski definition) is 3. The Labute approximate surface area is 112 Å². The number of anilines is 1. The second kappa shape index (κ2) is 4.92. The maximum atomic E-state index is 12.2. The Morgan fingerprint density at radius 1 is 1.42 bits per heavy atom. The van der Waals surface area contributed by atoms with Crippen molar-refractivity contribution in [2.75, 3.05) is 11.9 Å². The minimum atomic E-state index is -3.86. The van der Waals surface area contributed by atoms with Crippen LogP contribution in [0.5, 0.6) is 0 Å². The van der Waals surface area contributed by atoms with Crippen LogP contribution in [-0.2, 0) is 14.8 Å². The van der Waals surface area contributed by atoms with E-state index < -0.39 is 15.6 Å². The number of benzene rings is 1. The molecule has 1 atom stereocenters. The van der Waals surface area contributed by atoms with Crippen molar-refractivity contribution in [1.82, 2.24) is 5.32 Å². The Morgan fingerprint density at radius 3 is 2.68 bits per heavy atom. The molecule has 0 aromatic heterocycles. The van der Waals surface area contributed by atoms with Crippen LogP contribution in [0.4, 0.5) is 5.69 Å². The van der Waals surface area contributed by atoms with Crippen molar-refractivity contribution in [2.24, 2.45) is 5.14 Å². The number of sulfonamides is 1. The molecule has 1 aromatic rings. The van der Waals surface area contributed by atoms with Crippen LogP contribution in [0.2, 0.25) is 0 Å². The summed E-state index contributed by atoms with van der Waals surface area (Å²) in [5.74, 6) is -0.249. The lowest BCUT2D eigenvalue weighted by Gasteiger charge is -2.23. The van der Waals surface area contributed by atoms with E-state index in [1.165, 1.54) is 12.1 Å². The van der Waals surface area contributed by atoms with E-state index in [0.717, 1.165) is 19.4 Å². The van der Waals surface area contributed by atoms with Crippen LogP contribution in [0.3, 0.4) is 0 Å². The molecule has 0 radical (unpaired) electrons. The van der Waals surface area contributed by atoms with Gasteiger partial charge in [0.15, 0.2) is 0 Å². The van der Waals surface area contributed by atoms with E-state index in [4.69, 9.17) is 5.14 Å². The second-order valence-electron chi connectivity index (χ2n) is 4.86. The average Bonchev–Trinajstić information content (AvgIpc) is 2.77. The van der Waals surface area contributed by atoms with Gasteiger partial charge in [-0.05, 0) is 38.4 Å². The van der Waals surface area contributed by atoms with Crippen molar-refractivity contribution < 1.29 is 13.2 Å². The summed E-state index contributed by atoms with van der Waals surface area (Å²) in [5.41, 5.74) is -0.448. The van der Waals surface area contributed by atoms with Crippen molar-refractivity contribution in [3.05, 3.63) is 24.3 Å². The third-order valence-electron chi connectivity index (χ3n) is 3.31. The van der Waals surface area contributed by atoms with Gasteiger partial charge in [-0.2, -0.15) is 0 Å². The number of para-hydroxylation sites is 1. The van der Waals surface area contributed by atoms with Gasteiger partial charge in [0.05, 0.1) is 11.2 Å². The molecule has 6 nitrogen and oxygen atoms in total. The van der Waals surface area contributed by atoms with E-state index in [0.29, 0.717) is 0 Å². The summed E-state index contributed by atoms with van der Waals surface area (Å²) < 4.78 is 22.9. The molecule has 1 aliphatic rings. The van der Waals surface area contributed by atoms with Crippen LogP contribution in [0.1, 0.15) is 19.8 Å². The molecule has 1 heterocycles. The van der Waals surface area contributed by atoms with Gasteiger partial charge in [0.25, 0.3) is 0 Å². The lowest BCUT2D eigenvalue weighted by atomic mass is 9.99. The number of hydrogen-bond acceptors (Lipinski definition) is 4. The van der Waals surface area contributed by atoms with Crippen molar-refractivity contribution in [2.45, 2.75) is 30.2 Å². The topological polar surface area (TPSA) is 101 Å². The molecule has 104 valence electrons. The molecule has 1 fully saturated rings. The van der Waals surface area contributed by atoms with Gasteiger partial charge in [0.1, 0.15) is 4.90 Å². The first-order valence-electron chi connectivity index (χ1n) is 6.01. The molecule has 1 unspecified atom stereocenters. The van der Waals surface area contributed by atoms with E-state index in [-0.39, 0.29) is 16.5 Å². The summed E-state index contributed by atoms with van der Waals surface area (Å²) in [5, 5.41) is 10.9. The van der Waals surface area contributed by atoms with Crippen LogP contribution in [0, 0.1) is 0 Å². The van der Waals surface area contributed by atoms with Crippen LogP contribution in [-0.4, -0.2) is 26.4 Å². The number of carbonyl (C=O) groups is 1. The number of primary sulfonamides is 1. The Hall–Kier alpha value is -1.44. The van der Waals surface area contributed by atoms with E-state index in [9.17, 15) is 13.2 Å². The molecule has 1 saturated heterocycles. The Balaban J connectivity index is 2.27. The number of amides is 1. The zero-order valence-corrected chi connectivity index (χ0v) is 11.5. The van der Waals surface area contributed by atoms with Crippen molar-refractivity contribution >= 4 is 21.6 Å². The highest BCUT2D eigenvalue weighted by Crippen LogP contribution is 2.24. The smallest absolute Gasteiger partial charge is 0.244 e. The van der Waals surface area contributed by atoms with Gasteiger partial charge in [-0.1, -0.05) is 12.1 Å². The fraction of sp³-hybridized carbons (Fsp3) is 0.417. The molecule has 0 bridgehead atoms. The van der Waals surface area contributed by atoms with Crippen molar-refractivity contribution in [1.29, 1.82) is 0 Å². The van der Waals surface area contributed by atoms with E-state index >= 15 is 0 Å². The highest BCUT2D eigenvalue weighted by Gasteiger charge is 2.36. The summed E-state index contributed by atoms with van der Waals surface area (Å²) in [6, 6.07) is 6.10. The second-order valence-corrected chi connectivity index (χ2v) is 6.39. The molecule has 0 spiro atoms. The number of nitrogens with two attached hydrogens (primary N) is 1. The minimum Gasteiger partial charge on any atom is -0.323 e. The minimum absolute atomic E-state index is 0.0788. The molecule has 4 N–H and O–H groups in total. The number of nitrogens with one attached hydrogen (secondary N) is 2. The molecule has 0 saturated carbocycles. The van der Waals surface area contributed by atoms with Gasteiger partial charge in [0.2, 0.25) is 15.9 Å². The standard InChI is InChI=1S/C12H17N3O3S/c1-12(7-4-8-14-12)11(16)15-9-5-2-3-6-10(9)19(13,17)18/h2-3,5-6,14H,4,7-8H2,1H3,(H,15,16)(H2,13,17,18). The number of rotatable bonds is 3. The molecular formula is C12H17N3O3S. The summed E-state index contributed by atoms with van der Waals surface area (Å²) in [6.45, 7) is 2.58. The lowest BCUT2D eigenvalue weighted by molar-refractivity contribution is -0.121. The molecule has 19 heavy (non-hydrogen) atoms. The maximum absolute atomic E-state index is 12.2. The van der Waals surface area contributed by atoms with E-state index in [1.54, 1.807) is 19.1 Å². The highest BCUT2D eigenvalue weighted by molar-refractivity contribution is 7.89. The van der Waals surface area contributed by atoms with Gasteiger partial charge < -0.3 is 10.6 Å². The number of carbonyl (C=O) groups excluding carboxylic acids is 1. The largest absolute Gasteiger partial charge is 0.323 e. The molecule has 1 aromatic carbocycles. The zero-order valence-electron chi connectivity index (χ0n) is 10.6. The van der Waals surface area contributed by atoms with Crippen molar-refractivity contribution in [3.63, 3.8) is 0 Å². The SMILES string of the molecule is CC1(C(=O)Nc2ccccc2S(N)(=O)=O)CCCN1. The third kappa shape index (κ3) is 2.94. The van der Waals surface area contributed by atoms with Gasteiger partial charge in [0, 0.05) is 0 Å². The molecule has 0 aliphatic carbocycles. The quantitative estimate of drug-likeness (QED) is 0.748. The van der Waals surface area contributed by atoms with Crippen LogP contribution in [0.25, 0.3) is 0 Å². The third-order valence-corrected chi connectivity index (χ3v) is 4.28. The summed E-state index contributed by atoms with van der Waals surface area (Å²) >= 11 is 0. The van der Waals surface area contributed by atoms with E-state index in [1.807, 2.05) is 0 Å². The molecule has 7 heteroatoms. The zero-order chi connectivity index (χ0) is 14.1. The Morgan fingerprint density at radius 2 is 2.11 bits per heavy atom. The first kappa shape index (κ1) is 14.0. The van der Waals surface area contributed by atoms with Crippen molar-refractivity contribution in [3.8, 4) is 0 Å². The predicted molar refractivity (Wildman–Crippen MR) is 72.1 cm³/mol.